The number of halogens is 3. The van der Waals surface area contributed by atoms with Gasteiger partial charge < -0.3 is 0 Å². The van der Waals surface area contributed by atoms with Crippen molar-refractivity contribution < 1.29 is 13.2 Å². The van der Waals surface area contributed by atoms with Crippen LogP contribution in [0.4, 0.5) is 13.2 Å². The molecule has 0 aliphatic rings. The Labute approximate surface area is 92.6 Å². The van der Waals surface area contributed by atoms with Gasteiger partial charge >= 0.3 is 6.18 Å². The minimum absolute atomic E-state index is 0.169. The summed E-state index contributed by atoms with van der Waals surface area (Å²) in [5, 5.41) is 6.76. The molecular weight excluding hydrogens is 219 g/mol. The summed E-state index contributed by atoms with van der Waals surface area (Å²) in [5.41, 5.74) is -0.916. The van der Waals surface area contributed by atoms with Crippen LogP contribution in [0.15, 0.2) is 0 Å². The van der Waals surface area contributed by atoms with Gasteiger partial charge in [-0.2, -0.15) is 13.2 Å². The van der Waals surface area contributed by atoms with Crippen LogP contribution in [0.5, 0.6) is 0 Å². The average Bonchev–Trinajstić information content (AvgIpc) is 2.43. The molecule has 1 rings (SSSR count). The van der Waals surface area contributed by atoms with E-state index in [1.54, 1.807) is 6.92 Å². The van der Waals surface area contributed by atoms with Crippen LogP contribution in [-0.4, -0.2) is 15.0 Å². The SMILES string of the molecule is CCn1nnc(C(F)(F)F)c1CC(C)(C)C. The van der Waals surface area contributed by atoms with E-state index < -0.39 is 11.9 Å². The lowest BCUT2D eigenvalue weighted by Crippen LogP contribution is -2.18. The van der Waals surface area contributed by atoms with Crippen molar-refractivity contribution in [1.82, 2.24) is 15.0 Å². The van der Waals surface area contributed by atoms with Gasteiger partial charge in [0.2, 0.25) is 0 Å². The molecule has 0 radical (unpaired) electrons. The molecule has 0 aliphatic heterocycles. The summed E-state index contributed by atoms with van der Waals surface area (Å²) >= 11 is 0. The Bertz CT molecular complexity index is 360. The van der Waals surface area contributed by atoms with Gasteiger partial charge in [-0.05, 0) is 18.8 Å². The normalized spacial score (nSPS) is 13.2. The number of aryl methyl sites for hydroxylation is 1. The topological polar surface area (TPSA) is 30.7 Å². The van der Waals surface area contributed by atoms with Crippen molar-refractivity contribution in [3.05, 3.63) is 11.4 Å². The van der Waals surface area contributed by atoms with E-state index in [0.29, 0.717) is 13.0 Å². The Morgan fingerprint density at radius 3 is 2.12 bits per heavy atom. The van der Waals surface area contributed by atoms with Gasteiger partial charge in [0.15, 0.2) is 5.69 Å². The Hall–Kier alpha value is -1.07. The van der Waals surface area contributed by atoms with E-state index in [9.17, 15) is 13.2 Å². The zero-order valence-corrected chi connectivity index (χ0v) is 9.89. The fourth-order valence-corrected chi connectivity index (χ4v) is 1.48. The third-order valence-electron chi connectivity index (χ3n) is 2.10. The molecule has 3 nitrogen and oxygen atoms in total. The first-order valence-corrected chi connectivity index (χ1v) is 5.14. The van der Waals surface area contributed by atoms with E-state index in [1.807, 2.05) is 20.8 Å². The molecule has 1 aromatic heterocycles. The van der Waals surface area contributed by atoms with Crippen LogP contribution in [0, 0.1) is 5.41 Å². The number of nitrogens with zero attached hydrogens (tertiary/aromatic N) is 3. The molecule has 0 unspecified atom stereocenters. The van der Waals surface area contributed by atoms with Crippen LogP contribution in [0.1, 0.15) is 39.1 Å². The van der Waals surface area contributed by atoms with Crippen LogP contribution in [0.25, 0.3) is 0 Å². The Kier molecular flexibility index (Phi) is 3.30. The molecule has 6 heteroatoms. The molecule has 16 heavy (non-hydrogen) atoms. The van der Waals surface area contributed by atoms with Gasteiger partial charge in [-0.25, -0.2) is 4.68 Å². The van der Waals surface area contributed by atoms with Gasteiger partial charge in [0.05, 0.1) is 5.69 Å². The number of rotatable bonds is 2. The highest BCUT2D eigenvalue weighted by Crippen LogP contribution is 2.33. The van der Waals surface area contributed by atoms with Crippen molar-refractivity contribution in [2.75, 3.05) is 0 Å². The van der Waals surface area contributed by atoms with Crippen LogP contribution in [0.2, 0.25) is 0 Å². The molecule has 0 saturated carbocycles. The van der Waals surface area contributed by atoms with E-state index in [1.165, 1.54) is 4.68 Å². The predicted octanol–water partition coefficient (Wildman–Crippen LogP) is 2.91. The molecule has 0 bridgehead atoms. The molecule has 92 valence electrons. The Morgan fingerprint density at radius 1 is 1.19 bits per heavy atom. The second kappa shape index (κ2) is 4.07. The highest BCUT2D eigenvalue weighted by atomic mass is 19.4. The van der Waals surface area contributed by atoms with Crippen LogP contribution in [0.3, 0.4) is 0 Å². The molecule has 0 aliphatic carbocycles. The maximum Gasteiger partial charge on any atom is 0.437 e. The maximum atomic E-state index is 12.7. The van der Waals surface area contributed by atoms with E-state index in [-0.39, 0.29) is 11.1 Å². The number of aromatic nitrogens is 3. The highest BCUT2D eigenvalue weighted by Gasteiger charge is 2.39. The fourth-order valence-electron chi connectivity index (χ4n) is 1.48. The minimum Gasteiger partial charge on any atom is -0.249 e. The highest BCUT2D eigenvalue weighted by molar-refractivity contribution is 5.15. The quantitative estimate of drug-likeness (QED) is 0.789. The lowest BCUT2D eigenvalue weighted by Gasteiger charge is -2.19. The Balaban J connectivity index is 3.17. The van der Waals surface area contributed by atoms with E-state index >= 15 is 0 Å². The zero-order chi connectivity index (χ0) is 12.6. The second-order valence-corrected chi connectivity index (χ2v) is 4.94. The van der Waals surface area contributed by atoms with Crippen LogP contribution >= 0.6 is 0 Å². The Morgan fingerprint density at radius 2 is 1.75 bits per heavy atom. The monoisotopic (exact) mass is 235 g/mol. The van der Waals surface area contributed by atoms with E-state index in [0.717, 1.165) is 0 Å². The molecule has 0 aromatic carbocycles. The summed E-state index contributed by atoms with van der Waals surface area (Å²) < 4.78 is 39.3. The number of alkyl halides is 3. The summed E-state index contributed by atoms with van der Waals surface area (Å²) in [7, 11) is 0. The number of hydrogen-bond donors (Lipinski definition) is 0. The zero-order valence-electron chi connectivity index (χ0n) is 9.89. The lowest BCUT2D eigenvalue weighted by molar-refractivity contribution is -0.142. The summed E-state index contributed by atoms with van der Waals surface area (Å²) in [5.74, 6) is 0. The van der Waals surface area contributed by atoms with Gasteiger partial charge in [-0.3, -0.25) is 0 Å². The lowest BCUT2D eigenvalue weighted by atomic mass is 9.89. The number of hydrogen-bond acceptors (Lipinski definition) is 2. The van der Waals surface area contributed by atoms with Crippen LogP contribution in [-0.2, 0) is 19.1 Å². The van der Waals surface area contributed by atoms with E-state index in [2.05, 4.69) is 10.3 Å². The van der Waals surface area contributed by atoms with Gasteiger partial charge in [-0.1, -0.05) is 26.0 Å². The fraction of sp³-hybridized carbons (Fsp3) is 0.800. The second-order valence-electron chi connectivity index (χ2n) is 4.94. The van der Waals surface area contributed by atoms with Crippen molar-refractivity contribution in [3.63, 3.8) is 0 Å². The summed E-state index contributed by atoms with van der Waals surface area (Å²) in [4.78, 5) is 0. The third kappa shape index (κ3) is 2.96. The van der Waals surface area contributed by atoms with Crippen molar-refractivity contribution in [1.29, 1.82) is 0 Å². The van der Waals surface area contributed by atoms with Gasteiger partial charge in [-0.15, -0.1) is 5.10 Å². The molecule has 1 aromatic rings. The summed E-state index contributed by atoms with van der Waals surface area (Å²) in [6, 6.07) is 0. The molecule has 0 saturated heterocycles. The molecule has 0 amide bonds. The van der Waals surface area contributed by atoms with Crippen molar-refractivity contribution in [2.45, 2.75) is 46.8 Å². The first-order chi connectivity index (χ1) is 7.15. The van der Waals surface area contributed by atoms with E-state index in [4.69, 9.17) is 0 Å². The van der Waals surface area contributed by atoms with Crippen molar-refractivity contribution in [2.24, 2.45) is 5.41 Å². The minimum atomic E-state index is -4.42. The van der Waals surface area contributed by atoms with Crippen molar-refractivity contribution >= 4 is 0 Å². The summed E-state index contributed by atoms with van der Waals surface area (Å²) in [6.07, 6.45) is -4.11. The molecule has 0 spiro atoms. The van der Waals surface area contributed by atoms with Crippen LogP contribution < -0.4 is 0 Å². The van der Waals surface area contributed by atoms with Crippen molar-refractivity contribution in [3.8, 4) is 0 Å². The third-order valence-corrected chi connectivity index (χ3v) is 2.10. The summed E-state index contributed by atoms with van der Waals surface area (Å²) in [6.45, 7) is 7.82. The molecular formula is C10H16F3N3. The molecule has 0 fully saturated rings. The first-order valence-electron chi connectivity index (χ1n) is 5.14. The van der Waals surface area contributed by atoms with Gasteiger partial charge in [0.25, 0.3) is 0 Å². The predicted molar refractivity (Wildman–Crippen MR) is 53.9 cm³/mol. The average molecular weight is 235 g/mol. The smallest absolute Gasteiger partial charge is 0.249 e. The largest absolute Gasteiger partial charge is 0.437 e. The molecule has 0 atom stereocenters. The maximum absolute atomic E-state index is 12.7. The standard InChI is InChI=1S/C10H16F3N3/c1-5-16-7(6-9(2,3)4)8(14-15-16)10(11,12)13/h5-6H2,1-4H3. The molecule has 1 heterocycles. The first kappa shape index (κ1) is 13.0. The molecule has 0 N–H and O–H groups in total. The van der Waals surface area contributed by atoms with Gasteiger partial charge in [0.1, 0.15) is 0 Å². The van der Waals surface area contributed by atoms with Gasteiger partial charge in [0, 0.05) is 6.54 Å².